The maximum absolute atomic E-state index is 10.9. The third-order valence-corrected chi connectivity index (χ3v) is 3.27. The lowest BCUT2D eigenvalue weighted by atomic mass is 9.78. The molecule has 0 aliphatic heterocycles. The third-order valence-electron chi connectivity index (χ3n) is 3.27. The van der Waals surface area contributed by atoms with Gasteiger partial charge in [0.1, 0.15) is 0 Å². The number of amides is 1. The molecule has 0 aromatic carbocycles. The Bertz CT molecular complexity index is 198. The van der Waals surface area contributed by atoms with Gasteiger partial charge in [0.2, 0.25) is 5.91 Å². The van der Waals surface area contributed by atoms with Crippen LogP contribution in [0.5, 0.6) is 0 Å². The van der Waals surface area contributed by atoms with Crippen LogP contribution in [0.4, 0.5) is 0 Å². The first-order valence-electron chi connectivity index (χ1n) is 5.12. The number of ether oxygens (including phenoxy) is 1. The number of hydrogen-bond acceptors (Lipinski definition) is 3. The molecular formula is C10H20N2O2. The summed E-state index contributed by atoms with van der Waals surface area (Å²) in [5.74, 6) is -0.227. The molecule has 0 radical (unpaired) electrons. The first-order valence-corrected chi connectivity index (χ1v) is 5.12. The summed E-state index contributed by atoms with van der Waals surface area (Å²) < 4.78 is 5.29. The molecule has 1 amide bonds. The highest BCUT2D eigenvalue weighted by molar-refractivity contribution is 5.75. The molecule has 1 fully saturated rings. The zero-order valence-electron chi connectivity index (χ0n) is 9.01. The van der Waals surface area contributed by atoms with Crippen molar-refractivity contribution in [3.05, 3.63) is 0 Å². The fourth-order valence-corrected chi connectivity index (χ4v) is 2.23. The standard InChI is InChI=1S/C10H20N2O2/c1-12-10(7-9(11)13)5-3-8(14-2)4-6-10/h8,12H,3-7H2,1-2H3,(H2,11,13). The predicted octanol–water partition coefficient (Wildman–Crippen LogP) is 0.409. The molecule has 0 aromatic heterocycles. The van der Waals surface area contributed by atoms with Gasteiger partial charge < -0.3 is 15.8 Å². The minimum atomic E-state index is -0.227. The Morgan fingerprint density at radius 1 is 1.57 bits per heavy atom. The van der Waals surface area contributed by atoms with E-state index in [9.17, 15) is 4.79 Å². The Kier molecular flexibility index (Phi) is 3.89. The zero-order chi connectivity index (χ0) is 10.6. The van der Waals surface area contributed by atoms with Crippen LogP contribution in [0.3, 0.4) is 0 Å². The van der Waals surface area contributed by atoms with Crippen LogP contribution in [0, 0.1) is 0 Å². The Morgan fingerprint density at radius 3 is 2.50 bits per heavy atom. The number of nitrogens with two attached hydrogens (primary N) is 1. The van der Waals surface area contributed by atoms with Crippen LogP contribution in [-0.2, 0) is 9.53 Å². The summed E-state index contributed by atoms with van der Waals surface area (Å²) in [6.45, 7) is 0. The van der Waals surface area contributed by atoms with Crippen molar-refractivity contribution in [3.8, 4) is 0 Å². The lowest BCUT2D eigenvalue weighted by molar-refractivity contribution is -0.120. The maximum Gasteiger partial charge on any atom is 0.219 e. The van der Waals surface area contributed by atoms with E-state index in [-0.39, 0.29) is 11.4 Å². The number of carbonyl (C=O) groups excluding carboxylic acids is 1. The van der Waals surface area contributed by atoms with Crippen molar-refractivity contribution in [2.75, 3.05) is 14.2 Å². The summed E-state index contributed by atoms with van der Waals surface area (Å²) in [6.07, 6.45) is 4.72. The first kappa shape index (κ1) is 11.5. The second-order valence-corrected chi connectivity index (χ2v) is 4.11. The van der Waals surface area contributed by atoms with E-state index < -0.39 is 0 Å². The number of hydrogen-bond donors (Lipinski definition) is 2. The highest BCUT2D eigenvalue weighted by Gasteiger charge is 2.35. The fraction of sp³-hybridized carbons (Fsp3) is 0.900. The van der Waals surface area contributed by atoms with Crippen molar-refractivity contribution in [1.82, 2.24) is 5.32 Å². The highest BCUT2D eigenvalue weighted by atomic mass is 16.5. The van der Waals surface area contributed by atoms with Gasteiger partial charge in [-0.15, -0.1) is 0 Å². The molecule has 1 aliphatic rings. The second-order valence-electron chi connectivity index (χ2n) is 4.11. The normalized spacial score (nSPS) is 32.9. The molecular weight excluding hydrogens is 180 g/mol. The van der Waals surface area contributed by atoms with Gasteiger partial charge in [0.05, 0.1) is 6.10 Å². The number of carbonyl (C=O) groups is 1. The van der Waals surface area contributed by atoms with Crippen LogP contribution in [0.15, 0.2) is 0 Å². The van der Waals surface area contributed by atoms with Crippen molar-refractivity contribution in [3.63, 3.8) is 0 Å². The van der Waals surface area contributed by atoms with Crippen LogP contribution in [0.1, 0.15) is 32.1 Å². The van der Waals surface area contributed by atoms with E-state index in [2.05, 4.69) is 5.32 Å². The summed E-state index contributed by atoms with van der Waals surface area (Å²) in [5.41, 5.74) is 5.16. The van der Waals surface area contributed by atoms with Crippen LogP contribution in [0.25, 0.3) is 0 Å². The van der Waals surface area contributed by atoms with Crippen molar-refractivity contribution in [2.24, 2.45) is 5.73 Å². The molecule has 1 aliphatic carbocycles. The molecule has 0 aromatic rings. The second kappa shape index (κ2) is 4.75. The van der Waals surface area contributed by atoms with E-state index in [4.69, 9.17) is 10.5 Å². The van der Waals surface area contributed by atoms with Crippen molar-refractivity contribution in [1.29, 1.82) is 0 Å². The lowest BCUT2D eigenvalue weighted by Crippen LogP contribution is -2.49. The van der Waals surface area contributed by atoms with Gasteiger partial charge in [-0.05, 0) is 32.7 Å². The third kappa shape index (κ3) is 2.69. The van der Waals surface area contributed by atoms with Gasteiger partial charge in [0.25, 0.3) is 0 Å². The van der Waals surface area contributed by atoms with E-state index in [0.29, 0.717) is 12.5 Å². The molecule has 4 nitrogen and oxygen atoms in total. The molecule has 1 saturated carbocycles. The number of nitrogens with one attached hydrogen (secondary N) is 1. The number of methoxy groups -OCH3 is 1. The molecule has 0 bridgehead atoms. The summed E-state index contributed by atoms with van der Waals surface area (Å²) >= 11 is 0. The van der Waals surface area contributed by atoms with Gasteiger partial charge in [-0.25, -0.2) is 0 Å². The monoisotopic (exact) mass is 200 g/mol. The SMILES string of the molecule is CNC1(CC(N)=O)CCC(OC)CC1. The van der Waals surface area contributed by atoms with Crippen LogP contribution < -0.4 is 11.1 Å². The maximum atomic E-state index is 10.9. The van der Waals surface area contributed by atoms with Gasteiger partial charge in [-0.1, -0.05) is 0 Å². The smallest absolute Gasteiger partial charge is 0.219 e. The Morgan fingerprint density at radius 2 is 2.14 bits per heavy atom. The molecule has 0 unspecified atom stereocenters. The molecule has 3 N–H and O–H groups in total. The topological polar surface area (TPSA) is 64.3 Å². The molecule has 14 heavy (non-hydrogen) atoms. The summed E-state index contributed by atoms with van der Waals surface area (Å²) in [6, 6.07) is 0. The minimum absolute atomic E-state index is 0.0825. The minimum Gasteiger partial charge on any atom is -0.381 e. The van der Waals surface area contributed by atoms with E-state index in [1.54, 1.807) is 7.11 Å². The fourth-order valence-electron chi connectivity index (χ4n) is 2.23. The molecule has 0 atom stereocenters. The van der Waals surface area contributed by atoms with E-state index in [1.165, 1.54) is 0 Å². The van der Waals surface area contributed by atoms with Gasteiger partial charge in [0.15, 0.2) is 0 Å². The van der Waals surface area contributed by atoms with Crippen LogP contribution >= 0.6 is 0 Å². The van der Waals surface area contributed by atoms with Gasteiger partial charge >= 0.3 is 0 Å². The number of rotatable bonds is 4. The van der Waals surface area contributed by atoms with Gasteiger partial charge in [-0.3, -0.25) is 4.79 Å². The highest BCUT2D eigenvalue weighted by Crippen LogP contribution is 2.31. The lowest BCUT2D eigenvalue weighted by Gasteiger charge is -2.39. The van der Waals surface area contributed by atoms with Crippen LogP contribution in [0.2, 0.25) is 0 Å². The molecule has 82 valence electrons. The van der Waals surface area contributed by atoms with Crippen molar-refractivity contribution in [2.45, 2.75) is 43.7 Å². The van der Waals surface area contributed by atoms with Gasteiger partial charge in [-0.2, -0.15) is 0 Å². The summed E-state index contributed by atoms with van der Waals surface area (Å²) in [7, 11) is 3.64. The molecule has 0 saturated heterocycles. The number of primary amides is 1. The van der Waals surface area contributed by atoms with Crippen molar-refractivity contribution < 1.29 is 9.53 Å². The molecule has 4 heteroatoms. The van der Waals surface area contributed by atoms with E-state index in [1.807, 2.05) is 7.05 Å². The molecule has 0 heterocycles. The Labute approximate surface area is 85.2 Å². The quantitative estimate of drug-likeness (QED) is 0.691. The Balaban J connectivity index is 2.52. The van der Waals surface area contributed by atoms with Crippen molar-refractivity contribution >= 4 is 5.91 Å². The van der Waals surface area contributed by atoms with E-state index in [0.717, 1.165) is 25.7 Å². The zero-order valence-corrected chi connectivity index (χ0v) is 9.01. The molecule has 0 spiro atoms. The van der Waals surface area contributed by atoms with Crippen LogP contribution in [-0.4, -0.2) is 31.7 Å². The average molecular weight is 200 g/mol. The largest absolute Gasteiger partial charge is 0.381 e. The molecule has 1 rings (SSSR count). The average Bonchev–Trinajstić information content (AvgIpc) is 2.18. The first-order chi connectivity index (χ1) is 6.62. The summed E-state index contributed by atoms with van der Waals surface area (Å²) in [4.78, 5) is 10.9. The predicted molar refractivity (Wildman–Crippen MR) is 54.9 cm³/mol. The van der Waals surface area contributed by atoms with E-state index >= 15 is 0 Å². The van der Waals surface area contributed by atoms with Gasteiger partial charge in [0, 0.05) is 19.1 Å². The summed E-state index contributed by atoms with van der Waals surface area (Å²) in [5, 5.41) is 3.24. The Hall–Kier alpha value is -0.610.